The number of aryl methyl sites for hydroxylation is 2. The van der Waals surface area contributed by atoms with Crippen LogP contribution >= 0.6 is 0 Å². The number of aliphatic carboxylic acids is 1. The molecule has 4 aromatic rings. The molecule has 2 heterocycles. The lowest BCUT2D eigenvalue weighted by Gasteiger charge is -2.27. The summed E-state index contributed by atoms with van der Waals surface area (Å²) in [7, 11) is 0. The fourth-order valence-corrected chi connectivity index (χ4v) is 6.14. The Labute approximate surface area is 280 Å². The van der Waals surface area contributed by atoms with Crippen molar-refractivity contribution >= 4 is 17.6 Å². The van der Waals surface area contributed by atoms with Gasteiger partial charge in [-0.05, 0) is 96.7 Å². The summed E-state index contributed by atoms with van der Waals surface area (Å²) in [6, 6.07) is 17.2. The Morgan fingerprint density at radius 3 is 2.35 bits per heavy atom. The second-order valence-corrected chi connectivity index (χ2v) is 12.9. The number of nitrogens with zero attached hydrogens (tertiary/aromatic N) is 4. The summed E-state index contributed by atoms with van der Waals surface area (Å²) >= 11 is 0. The first-order valence-corrected chi connectivity index (χ1v) is 16.5. The van der Waals surface area contributed by atoms with Crippen molar-refractivity contribution in [2.75, 3.05) is 29.5 Å². The van der Waals surface area contributed by atoms with Crippen LogP contribution in [-0.2, 0) is 24.1 Å². The highest BCUT2D eigenvalue weighted by molar-refractivity contribution is 5.74. The number of carbonyl (C=O) groups is 1. The summed E-state index contributed by atoms with van der Waals surface area (Å²) in [6.45, 7) is 10.7. The third-order valence-electron chi connectivity index (χ3n) is 8.68. The second kappa shape index (κ2) is 15.1. The minimum absolute atomic E-state index is 0.0124. The molecule has 1 aromatic heterocycles. The van der Waals surface area contributed by atoms with E-state index in [1.807, 2.05) is 4.90 Å². The molecule has 1 N–H and O–H groups in total. The Bertz CT molecular complexity index is 1720. The second-order valence-electron chi connectivity index (χ2n) is 12.9. The lowest BCUT2D eigenvalue weighted by Crippen LogP contribution is -2.25. The molecule has 48 heavy (non-hydrogen) atoms. The van der Waals surface area contributed by atoms with Crippen LogP contribution in [0.25, 0.3) is 11.1 Å². The molecule has 1 aliphatic rings. The minimum atomic E-state index is -4.47. The Morgan fingerprint density at radius 2 is 1.69 bits per heavy atom. The number of hydrogen-bond acceptors (Lipinski definition) is 6. The third-order valence-corrected chi connectivity index (χ3v) is 8.68. The molecule has 1 saturated heterocycles. The van der Waals surface area contributed by atoms with E-state index in [0.29, 0.717) is 41.7 Å². The summed E-state index contributed by atoms with van der Waals surface area (Å²) in [5.74, 6) is 0.172. The van der Waals surface area contributed by atoms with Crippen LogP contribution in [0.1, 0.15) is 78.8 Å². The fraction of sp³-hybridized carbons (Fsp3) is 0.395. The van der Waals surface area contributed by atoms with Crippen molar-refractivity contribution in [3.8, 4) is 16.9 Å². The SMILES string of the molecule is Cc1cc(CN(Cc2cc(N3CCCC3)ccc2-c2cc(C(C)C)ccc2C)c2ncc(OCCCC(=O)O)cn2)cc(C(F)(F)F)c1. The van der Waals surface area contributed by atoms with E-state index in [0.717, 1.165) is 59.9 Å². The Balaban J connectivity index is 1.56. The number of rotatable bonds is 13. The van der Waals surface area contributed by atoms with Crippen molar-refractivity contribution < 1.29 is 27.8 Å². The van der Waals surface area contributed by atoms with Gasteiger partial charge in [0.2, 0.25) is 5.95 Å². The molecule has 0 unspecified atom stereocenters. The maximum atomic E-state index is 13.8. The van der Waals surface area contributed by atoms with Gasteiger partial charge >= 0.3 is 12.1 Å². The normalized spacial score (nSPS) is 13.3. The summed E-state index contributed by atoms with van der Waals surface area (Å²) in [5, 5.41) is 8.90. The molecule has 0 amide bonds. The topological polar surface area (TPSA) is 78.8 Å². The number of halogens is 3. The van der Waals surface area contributed by atoms with Crippen molar-refractivity contribution in [2.45, 2.75) is 78.6 Å². The highest BCUT2D eigenvalue weighted by Gasteiger charge is 2.31. The number of alkyl halides is 3. The summed E-state index contributed by atoms with van der Waals surface area (Å²) in [5.41, 5.74) is 6.99. The summed E-state index contributed by atoms with van der Waals surface area (Å²) < 4.78 is 47.2. The first-order valence-electron chi connectivity index (χ1n) is 16.5. The molecule has 5 rings (SSSR count). The molecule has 0 radical (unpaired) electrons. The van der Waals surface area contributed by atoms with E-state index in [2.05, 4.69) is 72.0 Å². The van der Waals surface area contributed by atoms with Gasteiger partial charge in [-0.3, -0.25) is 4.79 Å². The van der Waals surface area contributed by atoms with Gasteiger partial charge in [-0.2, -0.15) is 13.2 Å². The molecule has 3 aromatic carbocycles. The predicted octanol–water partition coefficient (Wildman–Crippen LogP) is 8.95. The van der Waals surface area contributed by atoms with Gasteiger partial charge in [0, 0.05) is 38.3 Å². The molecule has 0 spiro atoms. The molecular formula is C38H43F3N4O3. The molecular weight excluding hydrogens is 617 g/mol. The zero-order valence-corrected chi connectivity index (χ0v) is 28.0. The van der Waals surface area contributed by atoms with Gasteiger partial charge in [0.05, 0.1) is 24.6 Å². The van der Waals surface area contributed by atoms with Crippen molar-refractivity contribution in [3.63, 3.8) is 0 Å². The van der Waals surface area contributed by atoms with Crippen LogP contribution in [0.4, 0.5) is 24.8 Å². The van der Waals surface area contributed by atoms with Crippen LogP contribution in [-0.4, -0.2) is 40.7 Å². The highest BCUT2D eigenvalue weighted by atomic mass is 19.4. The summed E-state index contributed by atoms with van der Waals surface area (Å²) in [4.78, 5) is 24.3. The van der Waals surface area contributed by atoms with Crippen LogP contribution in [0, 0.1) is 13.8 Å². The predicted molar refractivity (Wildman–Crippen MR) is 183 cm³/mol. The van der Waals surface area contributed by atoms with Crippen LogP contribution < -0.4 is 14.5 Å². The minimum Gasteiger partial charge on any atom is -0.490 e. The molecule has 10 heteroatoms. The number of anilines is 2. The number of hydrogen-bond donors (Lipinski definition) is 1. The molecule has 1 fully saturated rings. The van der Waals surface area contributed by atoms with E-state index in [1.54, 1.807) is 13.0 Å². The van der Waals surface area contributed by atoms with E-state index in [4.69, 9.17) is 9.84 Å². The number of carboxylic acids is 1. The van der Waals surface area contributed by atoms with Crippen molar-refractivity contribution in [2.24, 2.45) is 0 Å². The molecule has 0 aliphatic carbocycles. The molecule has 7 nitrogen and oxygen atoms in total. The molecule has 0 saturated carbocycles. The first-order chi connectivity index (χ1) is 22.9. The molecule has 254 valence electrons. The van der Waals surface area contributed by atoms with Crippen LogP contribution in [0.5, 0.6) is 5.75 Å². The Morgan fingerprint density at radius 1 is 0.958 bits per heavy atom. The smallest absolute Gasteiger partial charge is 0.416 e. The third kappa shape index (κ3) is 8.85. The standard InChI is InChI=1S/C38H43F3N4O3/c1-25(2)29-10-9-27(4)35(20-29)34-12-11-32(44-13-5-6-14-44)19-30(34)24-45(23-28-16-26(3)17-31(18-28)38(39,40)41)37-42-21-33(22-43-37)48-15-7-8-36(46)47/h9-12,16-22,25H,5-8,13-15,23-24H2,1-4H3,(H,46,47). The van der Waals surface area contributed by atoms with Crippen molar-refractivity contribution in [1.82, 2.24) is 9.97 Å². The van der Waals surface area contributed by atoms with E-state index >= 15 is 0 Å². The first kappa shape index (κ1) is 34.7. The Kier molecular flexibility index (Phi) is 10.9. The van der Waals surface area contributed by atoms with E-state index in [-0.39, 0.29) is 19.6 Å². The zero-order chi connectivity index (χ0) is 34.4. The monoisotopic (exact) mass is 660 g/mol. The average Bonchev–Trinajstić information content (AvgIpc) is 3.58. The van der Waals surface area contributed by atoms with E-state index < -0.39 is 17.7 Å². The number of carboxylic acid groups (broad SMARTS) is 1. The average molecular weight is 661 g/mol. The molecule has 1 aliphatic heterocycles. The van der Waals surface area contributed by atoms with Crippen molar-refractivity contribution in [1.29, 1.82) is 0 Å². The van der Waals surface area contributed by atoms with Crippen molar-refractivity contribution in [3.05, 3.63) is 100 Å². The maximum absolute atomic E-state index is 13.8. The highest BCUT2D eigenvalue weighted by Crippen LogP contribution is 2.36. The van der Waals surface area contributed by atoms with Gasteiger partial charge in [0.15, 0.2) is 5.75 Å². The van der Waals surface area contributed by atoms with Gasteiger partial charge in [-0.1, -0.05) is 49.7 Å². The van der Waals surface area contributed by atoms with Crippen LogP contribution in [0.3, 0.4) is 0 Å². The lowest BCUT2D eigenvalue weighted by molar-refractivity contribution is -0.138. The van der Waals surface area contributed by atoms with E-state index in [9.17, 15) is 18.0 Å². The number of benzene rings is 3. The molecule has 0 bridgehead atoms. The largest absolute Gasteiger partial charge is 0.490 e. The lowest BCUT2D eigenvalue weighted by atomic mass is 9.91. The van der Waals surface area contributed by atoms with Gasteiger partial charge < -0.3 is 19.6 Å². The molecule has 0 atom stereocenters. The summed E-state index contributed by atoms with van der Waals surface area (Å²) in [6.07, 6.45) is 1.15. The fourth-order valence-electron chi connectivity index (χ4n) is 6.14. The Hall–Kier alpha value is -4.60. The number of ether oxygens (including phenoxy) is 1. The quantitative estimate of drug-likeness (QED) is 0.144. The van der Waals surface area contributed by atoms with Gasteiger partial charge in [0.25, 0.3) is 0 Å². The number of aromatic nitrogens is 2. The van der Waals surface area contributed by atoms with Crippen LogP contribution in [0.2, 0.25) is 0 Å². The maximum Gasteiger partial charge on any atom is 0.416 e. The van der Waals surface area contributed by atoms with Crippen LogP contribution in [0.15, 0.2) is 67.0 Å². The van der Waals surface area contributed by atoms with Gasteiger partial charge in [0.1, 0.15) is 0 Å². The van der Waals surface area contributed by atoms with E-state index in [1.165, 1.54) is 24.0 Å². The van der Waals surface area contributed by atoms with Gasteiger partial charge in [-0.25, -0.2) is 9.97 Å². The van der Waals surface area contributed by atoms with Gasteiger partial charge in [-0.15, -0.1) is 0 Å². The zero-order valence-electron chi connectivity index (χ0n) is 28.0.